The van der Waals surface area contributed by atoms with E-state index in [9.17, 15) is 0 Å². The molecule has 1 saturated carbocycles. The third-order valence-electron chi connectivity index (χ3n) is 7.13. The molecule has 1 aliphatic heterocycles. The van der Waals surface area contributed by atoms with Gasteiger partial charge in [-0.15, -0.1) is 0 Å². The molecule has 5 nitrogen and oxygen atoms in total. The maximum absolute atomic E-state index is 5.97. The van der Waals surface area contributed by atoms with Crippen LogP contribution in [0.5, 0.6) is 11.5 Å². The van der Waals surface area contributed by atoms with E-state index >= 15 is 0 Å². The summed E-state index contributed by atoms with van der Waals surface area (Å²) in [5.41, 5.74) is 7.34. The second kappa shape index (κ2) is 10.8. The molecule has 0 unspecified atom stereocenters. The van der Waals surface area contributed by atoms with Gasteiger partial charge in [0.25, 0.3) is 0 Å². The van der Waals surface area contributed by atoms with Crippen LogP contribution >= 0.6 is 11.6 Å². The van der Waals surface area contributed by atoms with Gasteiger partial charge in [0.1, 0.15) is 6.61 Å². The summed E-state index contributed by atoms with van der Waals surface area (Å²) >= 11 is 5.97. The standard InChI is InChI=1S/C30H31ClN2O3/c1-19(33-36-18-20-11-13-23(31)14-12-20)21-7-6-8-22(15-21)30-26-17-29(35-3)28(34-2)16-25(26)24-9-4-5-10-27(24)32-30/h6-8,11-17,24,27H,4-5,9-10,18H2,1-3H3/t24-,27-/m1/s1. The molecule has 186 valence electrons. The lowest BCUT2D eigenvalue weighted by Crippen LogP contribution is -2.29. The molecule has 5 rings (SSSR count). The van der Waals surface area contributed by atoms with E-state index in [1.54, 1.807) is 14.2 Å². The van der Waals surface area contributed by atoms with Crippen LogP contribution in [0.1, 0.15) is 66.3 Å². The van der Waals surface area contributed by atoms with E-state index in [-0.39, 0.29) is 0 Å². The second-order valence-corrected chi connectivity index (χ2v) is 9.82. The van der Waals surface area contributed by atoms with Gasteiger partial charge >= 0.3 is 0 Å². The molecule has 0 saturated heterocycles. The molecular weight excluding hydrogens is 472 g/mol. The van der Waals surface area contributed by atoms with Crippen molar-refractivity contribution in [2.45, 2.75) is 51.2 Å². The molecule has 6 heteroatoms. The van der Waals surface area contributed by atoms with Gasteiger partial charge in [-0.3, -0.25) is 4.99 Å². The lowest BCUT2D eigenvalue weighted by molar-refractivity contribution is 0.130. The zero-order chi connectivity index (χ0) is 25.1. The number of halogens is 1. The first-order valence-corrected chi connectivity index (χ1v) is 12.8. The van der Waals surface area contributed by atoms with E-state index in [2.05, 4.69) is 41.6 Å². The molecule has 3 aromatic rings. The van der Waals surface area contributed by atoms with Crippen LogP contribution in [0.25, 0.3) is 0 Å². The SMILES string of the molecule is COc1cc2c(cc1OC)[C@H]1CCCC[C@H]1N=C2c1cccc(C(C)=NOCc2ccc(Cl)cc2)c1. The van der Waals surface area contributed by atoms with E-state index in [0.717, 1.165) is 58.0 Å². The van der Waals surface area contributed by atoms with Crippen molar-refractivity contribution in [2.75, 3.05) is 14.2 Å². The van der Waals surface area contributed by atoms with Gasteiger partial charge in [-0.2, -0.15) is 0 Å². The Hall–Kier alpha value is -3.31. The average Bonchev–Trinajstić information content (AvgIpc) is 2.92. The molecule has 36 heavy (non-hydrogen) atoms. The molecule has 0 spiro atoms. The highest BCUT2D eigenvalue weighted by molar-refractivity contribution is 6.30. The number of nitrogens with zero attached hydrogens (tertiary/aromatic N) is 2. The van der Waals surface area contributed by atoms with Crippen LogP contribution in [-0.2, 0) is 11.4 Å². The Labute approximate surface area is 217 Å². The van der Waals surface area contributed by atoms with Crippen molar-refractivity contribution in [3.63, 3.8) is 0 Å². The molecule has 3 aromatic carbocycles. The van der Waals surface area contributed by atoms with Gasteiger partial charge in [0, 0.05) is 22.1 Å². The normalized spacial score (nSPS) is 19.1. The van der Waals surface area contributed by atoms with Gasteiger partial charge in [0.05, 0.1) is 31.7 Å². The number of ether oxygens (including phenoxy) is 2. The fourth-order valence-electron chi connectivity index (χ4n) is 5.23. The van der Waals surface area contributed by atoms with Gasteiger partial charge in [0.15, 0.2) is 11.5 Å². The van der Waals surface area contributed by atoms with Crippen molar-refractivity contribution in [3.05, 3.63) is 93.5 Å². The largest absolute Gasteiger partial charge is 0.493 e. The quantitative estimate of drug-likeness (QED) is 0.254. The Morgan fingerprint density at radius 3 is 2.50 bits per heavy atom. The third kappa shape index (κ3) is 4.98. The fraction of sp³-hybridized carbons (Fsp3) is 0.333. The Morgan fingerprint density at radius 2 is 1.72 bits per heavy atom. The molecule has 0 radical (unpaired) electrons. The number of oxime groups is 1. The second-order valence-electron chi connectivity index (χ2n) is 9.39. The highest BCUT2D eigenvalue weighted by atomic mass is 35.5. The minimum atomic E-state index is 0.292. The van der Waals surface area contributed by atoms with Crippen LogP contribution < -0.4 is 9.47 Å². The Balaban J connectivity index is 1.46. The topological polar surface area (TPSA) is 52.4 Å². The van der Waals surface area contributed by atoms with Crippen LogP contribution in [0.4, 0.5) is 0 Å². The van der Waals surface area contributed by atoms with Crippen LogP contribution in [0.2, 0.25) is 5.02 Å². The van der Waals surface area contributed by atoms with Gasteiger partial charge < -0.3 is 14.3 Å². The first kappa shape index (κ1) is 24.4. The predicted molar refractivity (Wildman–Crippen MR) is 145 cm³/mol. The molecule has 2 atom stereocenters. The number of hydrogen-bond acceptors (Lipinski definition) is 5. The van der Waals surface area contributed by atoms with Crippen LogP contribution in [-0.4, -0.2) is 31.7 Å². The maximum atomic E-state index is 5.97. The predicted octanol–water partition coefficient (Wildman–Crippen LogP) is 7.18. The van der Waals surface area contributed by atoms with E-state index < -0.39 is 0 Å². The van der Waals surface area contributed by atoms with E-state index in [4.69, 9.17) is 30.9 Å². The summed E-state index contributed by atoms with van der Waals surface area (Å²) in [4.78, 5) is 10.9. The van der Waals surface area contributed by atoms with E-state index in [1.165, 1.54) is 18.4 Å². The number of benzene rings is 3. The van der Waals surface area contributed by atoms with Crippen molar-refractivity contribution in [1.29, 1.82) is 0 Å². The number of hydrogen-bond donors (Lipinski definition) is 0. The maximum Gasteiger partial charge on any atom is 0.161 e. The van der Waals surface area contributed by atoms with Crippen LogP contribution in [0.15, 0.2) is 70.8 Å². The Bertz CT molecular complexity index is 1300. The summed E-state index contributed by atoms with van der Waals surface area (Å²) in [6, 6.07) is 20.5. The highest BCUT2D eigenvalue weighted by Crippen LogP contribution is 2.44. The Morgan fingerprint density at radius 1 is 0.972 bits per heavy atom. The van der Waals surface area contributed by atoms with Gasteiger partial charge in [0.2, 0.25) is 0 Å². The molecule has 1 fully saturated rings. The summed E-state index contributed by atoms with van der Waals surface area (Å²) in [6.45, 7) is 2.35. The summed E-state index contributed by atoms with van der Waals surface area (Å²) in [5.74, 6) is 1.92. The van der Waals surface area contributed by atoms with E-state index in [0.29, 0.717) is 23.6 Å². The number of fused-ring (bicyclic) bond motifs is 3. The molecule has 2 aliphatic rings. The molecule has 0 bridgehead atoms. The molecule has 0 amide bonds. The van der Waals surface area contributed by atoms with Crippen molar-refractivity contribution >= 4 is 23.0 Å². The lowest BCUT2D eigenvalue weighted by Gasteiger charge is -2.35. The van der Waals surface area contributed by atoms with Gasteiger partial charge in [-0.25, -0.2) is 0 Å². The van der Waals surface area contributed by atoms with Gasteiger partial charge in [-0.1, -0.05) is 59.9 Å². The van der Waals surface area contributed by atoms with Gasteiger partial charge in [-0.05, 0) is 66.8 Å². The molecule has 0 aromatic heterocycles. The summed E-state index contributed by atoms with van der Waals surface area (Å²) < 4.78 is 11.3. The van der Waals surface area contributed by atoms with Crippen molar-refractivity contribution in [2.24, 2.45) is 10.1 Å². The minimum absolute atomic E-state index is 0.292. The van der Waals surface area contributed by atoms with E-state index in [1.807, 2.05) is 31.2 Å². The molecule has 1 aliphatic carbocycles. The summed E-state index contributed by atoms with van der Waals surface area (Å²) in [5, 5.41) is 5.07. The van der Waals surface area contributed by atoms with Crippen LogP contribution in [0.3, 0.4) is 0 Å². The van der Waals surface area contributed by atoms with Crippen molar-refractivity contribution < 1.29 is 14.3 Å². The average molecular weight is 503 g/mol. The first-order valence-electron chi connectivity index (χ1n) is 12.4. The molecule has 0 N–H and O–H groups in total. The summed E-state index contributed by atoms with van der Waals surface area (Å²) in [7, 11) is 3.37. The zero-order valence-electron chi connectivity index (χ0n) is 21.0. The number of rotatable bonds is 7. The monoisotopic (exact) mass is 502 g/mol. The molecular formula is C30H31ClN2O3. The smallest absolute Gasteiger partial charge is 0.161 e. The number of methoxy groups -OCH3 is 2. The van der Waals surface area contributed by atoms with Crippen molar-refractivity contribution in [3.8, 4) is 11.5 Å². The first-order chi connectivity index (χ1) is 17.6. The zero-order valence-corrected chi connectivity index (χ0v) is 21.7. The minimum Gasteiger partial charge on any atom is -0.493 e. The van der Waals surface area contributed by atoms with Crippen molar-refractivity contribution in [1.82, 2.24) is 0 Å². The highest BCUT2D eigenvalue weighted by Gasteiger charge is 2.34. The number of aliphatic imine (C=N–C) groups is 1. The third-order valence-corrected chi connectivity index (χ3v) is 7.39. The summed E-state index contributed by atoms with van der Waals surface area (Å²) in [6.07, 6.45) is 4.72. The molecule has 1 heterocycles. The van der Waals surface area contributed by atoms with Crippen LogP contribution in [0, 0.1) is 0 Å². The lowest BCUT2D eigenvalue weighted by atomic mass is 9.75. The fourth-order valence-corrected chi connectivity index (χ4v) is 5.36. The Kier molecular flexibility index (Phi) is 7.28.